The maximum atomic E-state index is 11.4. The van der Waals surface area contributed by atoms with E-state index in [0.717, 1.165) is 24.8 Å². The second kappa shape index (κ2) is 7.68. The first-order valence-electron chi connectivity index (χ1n) is 11.0. The molecule has 1 aromatic rings. The molecule has 0 aliphatic heterocycles. The van der Waals surface area contributed by atoms with Crippen LogP contribution in [0.1, 0.15) is 96.6 Å². The van der Waals surface area contributed by atoms with Gasteiger partial charge in [0, 0.05) is 5.56 Å². The fourth-order valence-corrected chi connectivity index (χ4v) is 5.89. The SMILES string of the molecule is CCCCCCC(C)(C)c1cc(O)c([C@H]2CC(N=O)[C@H]3C[C@@H]2C3(C)C)c(O)c1. The molecule has 28 heavy (non-hydrogen) atoms. The molecule has 4 rings (SSSR count). The third-order valence-corrected chi connectivity index (χ3v) is 7.94. The molecule has 0 amide bonds. The molecule has 4 heteroatoms. The second-order valence-electron chi connectivity index (χ2n) is 10.4. The first kappa shape index (κ1) is 21.1. The maximum absolute atomic E-state index is 11.4. The molecule has 0 saturated heterocycles. The van der Waals surface area contributed by atoms with Crippen molar-refractivity contribution >= 4 is 0 Å². The molecule has 4 nitrogen and oxygen atoms in total. The van der Waals surface area contributed by atoms with Gasteiger partial charge in [-0.25, -0.2) is 0 Å². The smallest absolute Gasteiger partial charge is 0.123 e. The van der Waals surface area contributed by atoms with Crippen molar-refractivity contribution in [1.29, 1.82) is 0 Å². The summed E-state index contributed by atoms with van der Waals surface area (Å²) >= 11 is 0. The Morgan fingerprint density at radius 1 is 1.07 bits per heavy atom. The number of hydrogen-bond acceptors (Lipinski definition) is 4. The molecule has 0 aromatic heterocycles. The Balaban J connectivity index is 1.85. The molecule has 2 bridgehead atoms. The summed E-state index contributed by atoms with van der Waals surface area (Å²) < 4.78 is 0. The largest absolute Gasteiger partial charge is 0.508 e. The molecular weight excluding hydrogens is 350 g/mol. The minimum absolute atomic E-state index is 0.00980. The molecule has 3 aliphatic carbocycles. The van der Waals surface area contributed by atoms with Crippen LogP contribution in [0.15, 0.2) is 17.3 Å². The van der Waals surface area contributed by atoms with Crippen LogP contribution in [-0.2, 0) is 5.41 Å². The summed E-state index contributed by atoms with van der Waals surface area (Å²) in [5.41, 5.74) is 1.53. The first-order chi connectivity index (χ1) is 13.1. The minimum atomic E-state index is -0.224. The Morgan fingerprint density at radius 2 is 1.71 bits per heavy atom. The number of rotatable bonds is 8. The van der Waals surface area contributed by atoms with Gasteiger partial charge >= 0.3 is 0 Å². The van der Waals surface area contributed by atoms with Crippen molar-refractivity contribution in [2.75, 3.05) is 0 Å². The van der Waals surface area contributed by atoms with Crippen LogP contribution in [0.2, 0.25) is 0 Å². The third-order valence-electron chi connectivity index (χ3n) is 7.94. The summed E-state index contributed by atoms with van der Waals surface area (Å²) in [5, 5.41) is 25.2. The van der Waals surface area contributed by atoms with Gasteiger partial charge in [-0.05, 0) is 65.5 Å². The Labute approximate surface area is 169 Å². The first-order valence-corrected chi connectivity index (χ1v) is 11.0. The van der Waals surface area contributed by atoms with Crippen LogP contribution in [0.25, 0.3) is 0 Å². The Hall–Kier alpha value is -1.58. The van der Waals surface area contributed by atoms with Crippen LogP contribution in [-0.4, -0.2) is 16.3 Å². The molecule has 0 heterocycles. The van der Waals surface area contributed by atoms with Gasteiger partial charge in [0.1, 0.15) is 11.5 Å². The van der Waals surface area contributed by atoms with Crippen molar-refractivity contribution in [2.45, 2.75) is 96.9 Å². The summed E-state index contributed by atoms with van der Waals surface area (Å²) in [6.07, 6.45) is 7.45. The van der Waals surface area contributed by atoms with Gasteiger partial charge < -0.3 is 10.2 Å². The van der Waals surface area contributed by atoms with Crippen molar-refractivity contribution in [3.05, 3.63) is 28.2 Å². The summed E-state index contributed by atoms with van der Waals surface area (Å²) in [4.78, 5) is 11.4. The van der Waals surface area contributed by atoms with Gasteiger partial charge in [0.2, 0.25) is 0 Å². The van der Waals surface area contributed by atoms with E-state index in [1.807, 2.05) is 12.1 Å². The standard InChI is InChI=1S/C24H37NO3/c1-6-7-8-9-10-23(2,3)15-11-20(26)22(21(27)12-15)16-13-19(25-28)18-14-17(16)24(18,4)5/h11-12,16-19,26-27H,6-10,13-14H2,1-5H3/t16-,17-,18+,19?/m0/s1. The second-order valence-corrected chi connectivity index (χ2v) is 10.4. The van der Waals surface area contributed by atoms with Gasteiger partial charge in [-0.1, -0.05) is 65.5 Å². The lowest BCUT2D eigenvalue weighted by atomic mass is 9.43. The quantitative estimate of drug-likeness (QED) is 0.388. The summed E-state index contributed by atoms with van der Waals surface area (Å²) in [7, 11) is 0. The maximum Gasteiger partial charge on any atom is 0.123 e. The van der Waals surface area contributed by atoms with Gasteiger partial charge in [0.05, 0.1) is 6.04 Å². The van der Waals surface area contributed by atoms with E-state index in [1.165, 1.54) is 19.3 Å². The predicted molar refractivity (Wildman–Crippen MR) is 114 cm³/mol. The Morgan fingerprint density at radius 3 is 2.25 bits per heavy atom. The van der Waals surface area contributed by atoms with Gasteiger partial charge in [0.15, 0.2) is 0 Å². The summed E-state index contributed by atoms with van der Waals surface area (Å²) in [5.74, 6) is 1.04. The number of unbranched alkanes of at least 4 members (excludes halogenated alkanes) is 3. The molecule has 1 aromatic carbocycles. The zero-order chi connectivity index (χ0) is 20.7. The zero-order valence-electron chi connectivity index (χ0n) is 18.2. The molecule has 0 radical (unpaired) electrons. The third kappa shape index (κ3) is 3.55. The van der Waals surface area contributed by atoms with Gasteiger partial charge in [0.25, 0.3) is 0 Å². The molecule has 0 spiro atoms. The van der Waals surface area contributed by atoms with Crippen molar-refractivity contribution in [3.63, 3.8) is 0 Å². The highest BCUT2D eigenvalue weighted by Gasteiger charge is 2.60. The Bertz CT molecular complexity index is 702. The molecule has 4 atom stereocenters. The number of fused-ring (bicyclic) bond motifs is 2. The van der Waals surface area contributed by atoms with Crippen molar-refractivity contribution in [2.24, 2.45) is 22.4 Å². The number of nitroso groups, excluding NO2 is 1. The monoisotopic (exact) mass is 387 g/mol. The number of phenolic OH excluding ortho intramolecular Hbond substituents is 2. The summed E-state index contributed by atoms with van der Waals surface area (Å²) in [6.45, 7) is 11.0. The highest BCUT2D eigenvalue weighted by Crippen LogP contribution is 2.66. The van der Waals surface area contributed by atoms with Gasteiger partial charge in [-0.15, -0.1) is 0 Å². The molecule has 3 saturated carbocycles. The topological polar surface area (TPSA) is 69.9 Å². The normalized spacial score (nSPS) is 28.6. The highest BCUT2D eigenvalue weighted by molar-refractivity contribution is 5.51. The number of nitrogens with zero attached hydrogens (tertiary/aromatic N) is 1. The minimum Gasteiger partial charge on any atom is -0.508 e. The van der Waals surface area contributed by atoms with E-state index in [2.05, 4.69) is 39.8 Å². The Kier molecular flexibility index (Phi) is 5.80. The predicted octanol–water partition coefficient (Wildman–Crippen LogP) is 6.63. The molecular formula is C24H37NO3. The van der Waals surface area contributed by atoms with Crippen LogP contribution in [0.3, 0.4) is 0 Å². The fourth-order valence-electron chi connectivity index (χ4n) is 5.89. The van der Waals surface area contributed by atoms with E-state index in [1.54, 1.807) is 0 Å². The van der Waals surface area contributed by atoms with Crippen molar-refractivity contribution < 1.29 is 10.2 Å². The fraction of sp³-hybridized carbons (Fsp3) is 0.750. The number of phenols is 2. The summed E-state index contributed by atoms with van der Waals surface area (Å²) in [6, 6.07) is 3.46. The molecule has 156 valence electrons. The van der Waals surface area contributed by atoms with E-state index in [0.29, 0.717) is 23.8 Å². The van der Waals surface area contributed by atoms with Crippen LogP contribution in [0.5, 0.6) is 11.5 Å². The zero-order valence-corrected chi connectivity index (χ0v) is 18.2. The lowest BCUT2D eigenvalue weighted by Gasteiger charge is -2.61. The lowest BCUT2D eigenvalue weighted by molar-refractivity contribution is -0.0936. The molecule has 3 fully saturated rings. The van der Waals surface area contributed by atoms with Crippen LogP contribution in [0, 0.1) is 22.2 Å². The lowest BCUT2D eigenvalue weighted by Crippen LogP contribution is -2.57. The van der Waals surface area contributed by atoms with E-state index >= 15 is 0 Å². The average Bonchev–Trinajstić information content (AvgIpc) is 2.64. The average molecular weight is 388 g/mol. The van der Waals surface area contributed by atoms with E-state index in [4.69, 9.17) is 0 Å². The van der Waals surface area contributed by atoms with Gasteiger partial charge in [-0.3, -0.25) is 0 Å². The van der Waals surface area contributed by atoms with Crippen molar-refractivity contribution in [3.8, 4) is 11.5 Å². The van der Waals surface area contributed by atoms with E-state index in [-0.39, 0.29) is 34.3 Å². The number of hydrogen-bond donors (Lipinski definition) is 2. The highest BCUT2D eigenvalue weighted by atomic mass is 16.3. The molecule has 1 unspecified atom stereocenters. The van der Waals surface area contributed by atoms with Crippen LogP contribution >= 0.6 is 0 Å². The number of aromatic hydroxyl groups is 2. The van der Waals surface area contributed by atoms with Gasteiger partial charge in [-0.2, -0.15) is 4.91 Å². The number of benzene rings is 1. The van der Waals surface area contributed by atoms with Crippen LogP contribution in [0.4, 0.5) is 0 Å². The van der Waals surface area contributed by atoms with Crippen LogP contribution < -0.4 is 0 Å². The van der Waals surface area contributed by atoms with E-state index in [9.17, 15) is 15.1 Å². The molecule has 2 N–H and O–H groups in total. The van der Waals surface area contributed by atoms with E-state index < -0.39 is 0 Å². The van der Waals surface area contributed by atoms with Crippen molar-refractivity contribution in [1.82, 2.24) is 0 Å². The molecule has 3 aliphatic rings.